The fourth-order valence-corrected chi connectivity index (χ4v) is 3.89. The average molecular weight is 441 g/mol. The van der Waals surface area contributed by atoms with E-state index in [9.17, 15) is 18.7 Å². The molecular weight excluding hydrogens is 416 g/mol. The van der Waals surface area contributed by atoms with Crippen molar-refractivity contribution >= 4 is 17.3 Å². The van der Waals surface area contributed by atoms with Crippen LogP contribution in [0, 0.1) is 11.6 Å². The predicted octanol–water partition coefficient (Wildman–Crippen LogP) is 2.82. The third-order valence-electron chi connectivity index (χ3n) is 5.64. The third kappa shape index (κ3) is 4.95. The Morgan fingerprint density at radius 3 is 2.75 bits per heavy atom. The summed E-state index contributed by atoms with van der Waals surface area (Å²) in [7, 11) is 0. The van der Waals surface area contributed by atoms with E-state index in [0.717, 1.165) is 0 Å². The highest BCUT2D eigenvalue weighted by Crippen LogP contribution is 2.35. The Hall–Kier alpha value is -3.30. The van der Waals surface area contributed by atoms with Gasteiger partial charge in [-0.1, -0.05) is 12.1 Å². The molecule has 2 heterocycles. The normalized spacial score (nSPS) is 15.6. The Kier molecular flexibility index (Phi) is 6.48. The highest BCUT2D eigenvalue weighted by Gasteiger charge is 2.24. The van der Waals surface area contributed by atoms with Crippen LogP contribution < -0.4 is 16.0 Å². The van der Waals surface area contributed by atoms with E-state index in [0.29, 0.717) is 54.0 Å². The first-order valence-electron chi connectivity index (χ1n) is 10.5. The molecule has 0 aliphatic carbocycles. The molecule has 168 valence electrons. The number of aliphatic hydroxyl groups is 1. The summed E-state index contributed by atoms with van der Waals surface area (Å²) in [6.07, 6.45) is 4.03. The topological polar surface area (TPSA) is 107 Å². The van der Waals surface area contributed by atoms with Crippen LogP contribution in [0.5, 0.6) is 0 Å². The van der Waals surface area contributed by atoms with Crippen LogP contribution in [-0.2, 0) is 11.2 Å². The van der Waals surface area contributed by atoms with Crippen LogP contribution in [0.15, 0.2) is 48.8 Å². The van der Waals surface area contributed by atoms with E-state index in [2.05, 4.69) is 15.5 Å². The van der Waals surface area contributed by atoms with Crippen LogP contribution in [0.2, 0.25) is 0 Å². The number of carbonyl (C=O) groups excluding carboxylic acids is 1. The van der Waals surface area contributed by atoms with E-state index in [-0.39, 0.29) is 12.5 Å². The number of benzene rings is 2. The molecule has 1 aliphatic heterocycles. The van der Waals surface area contributed by atoms with E-state index in [1.54, 1.807) is 24.4 Å². The summed E-state index contributed by atoms with van der Waals surface area (Å²) in [6.45, 7) is 1.13. The lowest BCUT2D eigenvalue weighted by Crippen LogP contribution is -2.39. The summed E-state index contributed by atoms with van der Waals surface area (Å²) in [5, 5.41) is 19.2. The van der Waals surface area contributed by atoms with Gasteiger partial charge in [0.15, 0.2) is 0 Å². The first-order chi connectivity index (χ1) is 15.4. The third-order valence-corrected chi connectivity index (χ3v) is 5.64. The largest absolute Gasteiger partial charge is 0.393 e. The number of hydrogen-bond donors (Lipinski definition) is 4. The number of nitrogens with one attached hydrogen (secondary N) is 2. The van der Waals surface area contributed by atoms with Crippen molar-refractivity contribution in [3.05, 3.63) is 66.0 Å². The van der Waals surface area contributed by atoms with Crippen molar-refractivity contribution in [1.29, 1.82) is 0 Å². The minimum atomic E-state index is -0.940. The van der Waals surface area contributed by atoms with Crippen molar-refractivity contribution in [3.8, 4) is 11.1 Å². The van der Waals surface area contributed by atoms with Gasteiger partial charge in [-0.3, -0.25) is 9.89 Å². The number of halogens is 2. The Balaban J connectivity index is 1.60. The van der Waals surface area contributed by atoms with Gasteiger partial charge in [0.05, 0.1) is 29.7 Å². The number of nitrogens with two attached hydrogens (primary N) is 1. The molecule has 0 saturated carbocycles. The molecule has 5 N–H and O–H groups in total. The van der Waals surface area contributed by atoms with Crippen LogP contribution in [-0.4, -0.2) is 46.4 Å². The number of rotatable bonds is 6. The van der Waals surface area contributed by atoms with Gasteiger partial charge in [0, 0.05) is 36.5 Å². The van der Waals surface area contributed by atoms with Crippen molar-refractivity contribution in [1.82, 2.24) is 10.2 Å². The predicted molar refractivity (Wildman–Crippen MR) is 118 cm³/mol. The lowest BCUT2D eigenvalue weighted by Gasteiger charge is -2.33. The number of aromatic nitrogens is 2. The maximum atomic E-state index is 14.9. The zero-order valence-corrected chi connectivity index (χ0v) is 17.4. The van der Waals surface area contributed by atoms with Gasteiger partial charge >= 0.3 is 0 Å². The number of carbonyl (C=O) groups is 1. The highest BCUT2D eigenvalue weighted by molar-refractivity contribution is 5.98. The molecule has 7 nitrogen and oxygen atoms in total. The van der Waals surface area contributed by atoms with Gasteiger partial charge in [-0.05, 0) is 43.0 Å². The van der Waals surface area contributed by atoms with E-state index in [1.807, 2.05) is 4.90 Å². The molecule has 9 heteroatoms. The van der Waals surface area contributed by atoms with E-state index >= 15 is 0 Å². The molecule has 2 aromatic carbocycles. The van der Waals surface area contributed by atoms with E-state index in [4.69, 9.17) is 5.73 Å². The number of hydrogen-bond acceptors (Lipinski definition) is 5. The van der Waals surface area contributed by atoms with Crippen molar-refractivity contribution in [2.75, 3.05) is 23.3 Å². The van der Waals surface area contributed by atoms with Gasteiger partial charge < -0.3 is 21.1 Å². The molecule has 3 aromatic rings. The second-order valence-corrected chi connectivity index (χ2v) is 7.98. The molecule has 1 amide bonds. The number of H-pyrrole nitrogens is 1. The molecule has 1 atom stereocenters. The molecular formula is C23H25F2N5O2. The van der Waals surface area contributed by atoms with Crippen molar-refractivity contribution in [2.24, 2.45) is 5.73 Å². The highest BCUT2D eigenvalue weighted by atomic mass is 19.1. The first-order valence-corrected chi connectivity index (χ1v) is 10.5. The van der Waals surface area contributed by atoms with Gasteiger partial charge in [0.1, 0.15) is 11.6 Å². The van der Waals surface area contributed by atoms with Crippen LogP contribution in [0.1, 0.15) is 18.4 Å². The van der Waals surface area contributed by atoms with Crippen molar-refractivity contribution in [2.45, 2.75) is 31.4 Å². The van der Waals surface area contributed by atoms with Gasteiger partial charge in [-0.25, -0.2) is 8.78 Å². The number of aromatic amines is 1. The Labute approximate surface area is 184 Å². The van der Waals surface area contributed by atoms with Crippen molar-refractivity contribution in [3.63, 3.8) is 0 Å². The van der Waals surface area contributed by atoms with Gasteiger partial charge in [-0.15, -0.1) is 0 Å². The summed E-state index contributed by atoms with van der Waals surface area (Å²) in [5.74, 6) is -1.41. The lowest BCUT2D eigenvalue weighted by molar-refractivity contribution is -0.117. The average Bonchev–Trinajstić information content (AvgIpc) is 3.29. The molecule has 1 unspecified atom stereocenters. The lowest BCUT2D eigenvalue weighted by atomic mass is 10.0. The molecule has 1 saturated heterocycles. The fourth-order valence-electron chi connectivity index (χ4n) is 3.89. The summed E-state index contributed by atoms with van der Waals surface area (Å²) in [4.78, 5) is 14.8. The summed E-state index contributed by atoms with van der Waals surface area (Å²) in [5.41, 5.74) is 8.52. The monoisotopic (exact) mass is 441 g/mol. The Morgan fingerprint density at radius 2 is 2.06 bits per heavy atom. The molecule has 1 fully saturated rings. The quantitative estimate of drug-likeness (QED) is 0.471. The van der Waals surface area contributed by atoms with Crippen LogP contribution >= 0.6 is 0 Å². The number of piperidine rings is 1. The van der Waals surface area contributed by atoms with Crippen LogP contribution in [0.3, 0.4) is 0 Å². The minimum Gasteiger partial charge on any atom is -0.393 e. The van der Waals surface area contributed by atoms with Gasteiger partial charge in [0.2, 0.25) is 5.91 Å². The van der Waals surface area contributed by atoms with Crippen LogP contribution in [0.4, 0.5) is 20.2 Å². The first kappa shape index (κ1) is 21.9. The number of amides is 1. The molecule has 1 aromatic heterocycles. The zero-order valence-electron chi connectivity index (χ0n) is 17.4. The summed E-state index contributed by atoms with van der Waals surface area (Å²) < 4.78 is 28.4. The summed E-state index contributed by atoms with van der Waals surface area (Å²) >= 11 is 0. The van der Waals surface area contributed by atoms with Gasteiger partial charge in [-0.2, -0.15) is 5.10 Å². The van der Waals surface area contributed by atoms with E-state index < -0.39 is 23.6 Å². The molecule has 0 radical (unpaired) electrons. The molecule has 0 bridgehead atoms. The number of aliphatic hydroxyl groups excluding tert-OH is 1. The fraction of sp³-hybridized carbons (Fsp3) is 0.304. The molecule has 0 spiro atoms. The second-order valence-electron chi connectivity index (χ2n) is 7.98. The smallest absolute Gasteiger partial charge is 0.241 e. The maximum Gasteiger partial charge on any atom is 0.241 e. The van der Waals surface area contributed by atoms with E-state index in [1.165, 1.54) is 24.4 Å². The molecule has 4 rings (SSSR count). The standard InChI is InChI=1S/C23H25F2N5O2/c24-16-3-1-2-14(8-16)9-20(26)23(32)29-21-11-19(25)18(15-12-27-28-13-15)10-22(21)30-6-4-17(31)5-7-30/h1-3,8,10-13,17,20,31H,4-7,9,26H2,(H,27,28)(H,29,32). The van der Waals surface area contributed by atoms with Gasteiger partial charge in [0.25, 0.3) is 0 Å². The zero-order chi connectivity index (χ0) is 22.7. The maximum absolute atomic E-state index is 14.9. The number of nitrogens with zero attached hydrogens (tertiary/aromatic N) is 2. The SMILES string of the molecule is NC(Cc1cccc(F)c1)C(=O)Nc1cc(F)c(-c2cn[nH]c2)cc1N1CCC(O)CC1. The number of anilines is 2. The summed E-state index contributed by atoms with van der Waals surface area (Å²) in [6, 6.07) is 7.91. The molecule has 1 aliphatic rings. The van der Waals surface area contributed by atoms with Crippen molar-refractivity contribution < 1.29 is 18.7 Å². The minimum absolute atomic E-state index is 0.143. The van der Waals surface area contributed by atoms with Crippen LogP contribution in [0.25, 0.3) is 11.1 Å². The Bertz CT molecular complexity index is 1080. The molecule has 32 heavy (non-hydrogen) atoms. The Morgan fingerprint density at radius 1 is 1.28 bits per heavy atom. The second kappa shape index (κ2) is 9.46.